The normalized spacial score (nSPS) is 12.6. The first kappa shape index (κ1) is 12.8. The van der Waals surface area contributed by atoms with Crippen molar-refractivity contribution in [1.82, 2.24) is 9.97 Å². The fourth-order valence-electron chi connectivity index (χ4n) is 1.88. The average Bonchev–Trinajstić information content (AvgIpc) is 2.39. The van der Waals surface area contributed by atoms with Crippen LogP contribution in [0.1, 0.15) is 19.0 Å². The van der Waals surface area contributed by atoms with Crippen molar-refractivity contribution in [2.45, 2.75) is 26.3 Å². The van der Waals surface area contributed by atoms with Gasteiger partial charge in [-0.1, -0.05) is 19.1 Å². The largest absolute Gasteiger partial charge is 0.383 e. The van der Waals surface area contributed by atoms with E-state index in [4.69, 9.17) is 4.74 Å². The van der Waals surface area contributed by atoms with Crippen LogP contribution in [0.5, 0.6) is 0 Å². The molecule has 18 heavy (non-hydrogen) atoms. The van der Waals surface area contributed by atoms with Gasteiger partial charge in [-0.3, -0.25) is 0 Å². The molecule has 0 aliphatic heterocycles. The van der Waals surface area contributed by atoms with Gasteiger partial charge in [0, 0.05) is 7.11 Å². The lowest BCUT2D eigenvalue weighted by Crippen LogP contribution is -2.25. The molecule has 0 saturated carbocycles. The summed E-state index contributed by atoms with van der Waals surface area (Å²) in [6, 6.07) is 8.17. The minimum absolute atomic E-state index is 0.268. The van der Waals surface area contributed by atoms with E-state index < -0.39 is 0 Å². The Balaban J connectivity index is 2.29. The minimum atomic E-state index is 0.268. The van der Waals surface area contributed by atoms with Crippen LogP contribution in [0, 0.1) is 6.92 Å². The van der Waals surface area contributed by atoms with Crippen LogP contribution in [0.4, 0.5) is 5.82 Å². The molecule has 0 radical (unpaired) electrons. The molecule has 1 unspecified atom stereocenters. The van der Waals surface area contributed by atoms with Crippen LogP contribution in [0.3, 0.4) is 0 Å². The maximum atomic E-state index is 5.18. The molecule has 1 aromatic carbocycles. The van der Waals surface area contributed by atoms with Crippen LogP contribution in [0.25, 0.3) is 11.0 Å². The Morgan fingerprint density at radius 1 is 1.22 bits per heavy atom. The second-order valence-corrected chi connectivity index (χ2v) is 4.35. The second kappa shape index (κ2) is 5.78. The molecule has 0 fully saturated rings. The molecule has 4 heteroatoms. The number of fused-ring (bicyclic) bond motifs is 1. The van der Waals surface area contributed by atoms with E-state index in [1.165, 1.54) is 0 Å². The second-order valence-electron chi connectivity index (χ2n) is 4.35. The summed E-state index contributed by atoms with van der Waals surface area (Å²) in [4.78, 5) is 9.17. The van der Waals surface area contributed by atoms with E-state index in [1.54, 1.807) is 7.11 Å². The Kier molecular flexibility index (Phi) is 4.10. The molecule has 0 amide bonds. The number of para-hydroxylation sites is 2. The number of benzene rings is 1. The Morgan fingerprint density at radius 2 is 1.89 bits per heavy atom. The summed E-state index contributed by atoms with van der Waals surface area (Å²) in [5, 5.41) is 3.39. The molecule has 2 aromatic rings. The van der Waals surface area contributed by atoms with Gasteiger partial charge in [-0.2, -0.15) is 0 Å². The predicted molar refractivity (Wildman–Crippen MR) is 73.9 cm³/mol. The summed E-state index contributed by atoms with van der Waals surface area (Å²) in [5.41, 5.74) is 2.77. The van der Waals surface area contributed by atoms with Crippen molar-refractivity contribution < 1.29 is 4.74 Å². The highest BCUT2D eigenvalue weighted by atomic mass is 16.5. The Morgan fingerprint density at radius 3 is 2.50 bits per heavy atom. The summed E-state index contributed by atoms with van der Waals surface area (Å²) in [7, 11) is 1.71. The Labute approximate surface area is 107 Å². The summed E-state index contributed by atoms with van der Waals surface area (Å²) in [5.74, 6) is 0.845. The number of nitrogens with zero attached hydrogens (tertiary/aromatic N) is 2. The maximum Gasteiger partial charge on any atom is 0.148 e. The van der Waals surface area contributed by atoms with Crippen LogP contribution >= 0.6 is 0 Å². The molecule has 1 aromatic heterocycles. The first-order valence-corrected chi connectivity index (χ1v) is 6.23. The number of methoxy groups -OCH3 is 1. The van der Waals surface area contributed by atoms with E-state index in [0.29, 0.717) is 6.61 Å². The molecule has 0 spiro atoms. The predicted octanol–water partition coefficient (Wildman–Crippen LogP) is 2.78. The Hall–Kier alpha value is -1.68. The summed E-state index contributed by atoms with van der Waals surface area (Å²) >= 11 is 0. The minimum Gasteiger partial charge on any atom is -0.383 e. The van der Waals surface area contributed by atoms with E-state index >= 15 is 0 Å². The third kappa shape index (κ3) is 2.76. The average molecular weight is 245 g/mol. The number of rotatable bonds is 5. The van der Waals surface area contributed by atoms with E-state index in [2.05, 4.69) is 22.2 Å². The summed E-state index contributed by atoms with van der Waals surface area (Å²) in [6.45, 7) is 4.77. The zero-order valence-corrected chi connectivity index (χ0v) is 11.1. The number of hydrogen-bond acceptors (Lipinski definition) is 4. The molecule has 0 aliphatic carbocycles. The molecule has 1 heterocycles. The van der Waals surface area contributed by atoms with Crippen LogP contribution in [-0.2, 0) is 4.74 Å². The molecule has 0 saturated heterocycles. The van der Waals surface area contributed by atoms with Crippen molar-refractivity contribution >= 4 is 16.9 Å². The molecule has 4 nitrogen and oxygen atoms in total. The van der Waals surface area contributed by atoms with E-state index in [-0.39, 0.29) is 6.04 Å². The fraction of sp³-hybridized carbons (Fsp3) is 0.429. The number of nitrogens with one attached hydrogen (secondary N) is 1. The highest BCUT2D eigenvalue weighted by Crippen LogP contribution is 2.17. The number of aryl methyl sites for hydroxylation is 1. The maximum absolute atomic E-state index is 5.18. The van der Waals surface area contributed by atoms with Crippen molar-refractivity contribution in [1.29, 1.82) is 0 Å². The van der Waals surface area contributed by atoms with Gasteiger partial charge in [0.1, 0.15) is 5.82 Å². The van der Waals surface area contributed by atoms with Gasteiger partial charge in [-0.15, -0.1) is 0 Å². The van der Waals surface area contributed by atoms with Gasteiger partial charge in [0.25, 0.3) is 0 Å². The van der Waals surface area contributed by atoms with E-state index in [1.807, 2.05) is 31.2 Å². The molecule has 0 bridgehead atoms. The first-order valence-electron chi connectivity index (χ1n) is 6.23. The smallest absolute Gasteiger partial charge is 0.148 e. The third-order valence-electron chi connectivity index (χ3n) is 2.95. The van der Waals surface area contributed by atoms with Crippen molar-refractivity contribution in [3.63, 3.8) is 0 Å². The fourth-order valence-corrected chi connectivity index (χ4v) is 1.88. The van der Waals surface area contributed by atoms with E-state index in [0.717, 1.165) is 29.0 Å². The number of anilines is 1. The van der Waals surface area contributed by atoms with Crippen LogP contribution in [0.2, 0.25) is 0 Å². The molecule has 96 valence electrons. The van der Waals surface area contributed by atoms with Gasteiger partial charge >= 0.3 is 0 Å². The molecule has 0 aliphatic rings. The van der Waals surface area contributed by atoms with Gasteiger partial charge in [0.05, 0.1) is 29.4 Å². The van der Waals surface area contributed by atoms with Crippen molar-refractivity contribution in [3.05, 3.63) is 30.0 Å². The van der Waals surface area contributed by atoms with Crippen molar-refractivity contribution in [3.8, 4) is 0 Å². The Bertz CT molecular complexity index is 527. The number of ether oxygens (including phenoxy) is 1. The highest BCUT2D eigenvalue weighted by Gasteiger charge is 2.10. The molecule has 1 N–H and O–H groups in total. The first-order chi connectivity index (χ1) is 8.74. The zero-order valence-electron chi connectivity index (χ0n) is 11.1. The summed E-state index contributed by atoms with van der Waals surface area (Å²) < 4.78 is 5.18. The molecular formula is C14H19N3O. The lowest BCUT2D eigenvalue weighted by molar-refractivity contribution is 0.184. The van der Waals surface area contributed by atoms with Gasteiger partial charge in [0.2, 0.25) is 0 Å². The van der Waals surface area contributed by atoms with Crippen LogP contribution in [-0.4, -0.2) is 29.7 Å². The molecule has 1 atom stereocenters. The van der Waals surface area contributed by atoms with Gasteiger partial charge < -0.3 is 10.1 Å². The lowest BCUT2D eigenvalue weighted by atomic mass is 10.2. The topological polar surface area (TPSA) is 47.0 Å². The number of aromatic nitrogens is 2. The van der Waals surface area contributed by atoms with Crippen LogP contribution in [0.15, 0.2) is 24.3 Å². The van der Waals surface area contributed by atoms with Crippen LogP contribution < -0.4 is 5.32 Å². The van der Waals surface area contributed by atoms with Gasteiger partial charge in [-0.25, -0.2) is 9.97 Å². The monoisotopic (exact) mass is 245 g/mol. The SMILES string of the molecule is CCC(COC)Nc1nc2ccccc2nc1C. The molecular weight excluding hydrogens is 226 g/mol. The summed E-state index contributed by atoms with van der Waals surface area (Å²) in [6.07, 6.45) is 0.988. The van der Waals surface area contributed by atoms with Gasteiger partial charge in [0.15, 0.2) is 0 Å². The standard InChI is InChI=1S/C14H19N3O/c1-4-11(9-18-3)16-14-10(2)15-12-7-5-6-8-13(12)17-14/h5-8,11H,4,9H2,1-3H3,(H,16,17). The number of hydrogen-bond donors (Lipinski definition) is 1. The lowest BCUT2D eigenvalue weighted by Gasteiger charge is -2.17. The van der Waals surface area contributed by atoms with E-state index in [9.17, 15) is 0 Å². The van der Waals surface area contributed by atoms with Gasteiger partial charge in [-0.05, 0) is 25.5 Å². The highest BCUT2D eigenvalue weighted by molar-refractivity contribution is 5.76. The van der Waals surface area contributed by atoms with Crippen molar-refractivity contribution in [2.24, 2.45) is 0 Å². The zero-order chi connectivity index (χ0) is 13.0. The van der Waals surface area contributed by atoms with Crippen molar-refractivity contribution in [2.75, 3.05) is 19.0 Å². The third-order valence-corrected chi connectivity index (χ3v) is 2.95. The quantitative estimate of drug-likeness (QED) is 0.880. The molecule has 2 rings (SSSR count).